The summed E-state index contributed by atoms with van der Waals surface area (Å²) in [7, 11) is 0. The summed E-state index contributed by atoms with van der Waals surface area (Å²) in [6.45, 7) is 0.985. The van der Waals surface area contributed by atoms with Crippen LogP contribution in [0.2, 0.25) is 5.02 Å². The van der Waals surface area contributed by atoms with Crippen LogP contribution >= 0.6 is 11.6 Å². The number of hydrogen-bond acceptors (Lipinski definition) is 2. The maximum atomic E-state index is 12.4. The van der Waals surface area contributed by atoms with Gasteiger partial charge in [0.05, 0.1) is 35.5 Å². The topological polar surface area (TPSA) is 21.3 Å². The monoisotopic (exact) mass is 251 g/mol. The molecule has 1 aliphatic heterocycles. The van der Waals surface area contributed by atoms with Gasteiger partial charge >= 0.3 is 6.18 Å². The molecule has 88 valence electrons. The molecule has 2 nitrogen and oxygen atoms in total. The second-order valence-corrected chi connectivity index (χ2v) is 3.98. The van der Waals surface area contributed by atoms with E-state index in [4.69, 9.17) is 16.3 Å². The van der Waals surface area contributed by atoms with E-state index in [2.05, 4.69) is 5.32 Å². The van der Waals surface area contributed by atoms with Crippen LogP contribution in [-0.2, 0) is 10.9 Å². The van der Waals surface area contributed by atoms with E-state index in [0.29, 0.717) is 18.9 Å². The van der Waals surface area contributed by atoms with Crippen LogP contribution in [0.25, 0.3) is 0 Å². The lowest BCUT2D eigenvalue weighted by molar-refractivity contribution is -0.137. The molecular formula is C10H9ClF3NO. The van der Waals surface area contributed by atoms with Crippen molar-refractivity contribution >= 4 is 17.3 Å². The van der Waals surface area contributed by atoms with Crippen molar-refractivity contribution in [3.63, 3.8) is 0 Å². The summed E-state index contributed by atoms with van der Waals surface area (Å²) in [6, 6.07) is 3.26. The van der Waals surface area contributed by atoms with Crippen LogP contribution in [-0.4, -0.2) is 19.3 Å². The van der Waals surface area contributed by atoms with Gasteiger partial charge in [-0.15, -0.1) is 0 Å². The summed E-state index contributed by atoms with van der Waals surface area (Å²) in [5, 5.41) is 3.18. The van der Waals surface area contributed by atoms with E-state index < -0.39 is 11.7 Å². The summed E-state index contributed by atoms with van der Waals surface area (Å²) in [5.41, 5.74) is -0.413. The Labute approximate surface area is 95.3 Å². The number of benzene rings is 1. The quantitative estimate of drug-likeness (QED) is 0.872. The molecule has 2 rings (SSSR count). The van der Waals surface area contributed by atoms with Gasteiger partial charge in [0, 0.05) is 0 Å². The van der Waals surface area contributed by atoms with E-state index >= 15 is 0 Å². The van der Waals surface area contributed by atoms with Gasteiger partial charge in [0.2, 0.25) is 0 Å². The SMILES string of the molecule is FC(F)(F)c1ccc(Cl)c(NC2COC2)c1. The molecule has 0 amide bonds. The number of rotatable bonds is 2. The van der Waals surface area contributed by atoms with Crippen LogP contribution in [0.4, 0.5) is 18.9 Å². The number of alkyl halides is 3. The van der Waals surface area contributed by atoms with Gasteiger partial charge in [-0.3, -0.25) is 0 Å². The van der Waals surface area contributed by atoms with Crippen molar-refractivity contribution in [2.24, 2.45) is 0 Å². The minimum atomic E-state index is -4.35. The first-order valence-electron chi connectivity index (χ1n) is 4.68. The van der Waals surface area contributed by atoms with Crippen molar-refractivity contribution in [1.82, 2.24) is 0 Å². The lowest BCUT2D eigenvalue weighted by atomic mass is 10.1. The van der Waals surface area contributed by atoms with Crippen LogP contribution in [0.1, 0.15) is 5.56 Å². The highest BCUT2D eigenvalue weighted by molar-refractivity contribution is 6.33. The molecule has 1 aromatic rings. The van der Waals surface area contributed by atoms with Crippen LogP contribution in [0.3, 0.4) is 0 Å². The zero-order valence-electron chi connectivity index (χ0n) is 8.14. The fourth-order valence-corrected chi connectivity index (χ4v) is 1.52. The van der Waals surface area contributed by atoms with Crippen LogP contribution in [0.15, 0.2) is 18.2 Å². The predicted octanol–water partition coefficient (Wildman–Crippen LogP) is 3.17. The highest BCUT2D eigenvalue weighted by atomic mass is 35.5. The van der Waals surface area contributed by atoms with Crippen molar-refractivity contribution in [2.75, 3.05) is 18.5 Å². The molecule has 1 aliphatic rings. The summed E-state index contributed by atoms with van der Waals surface area (Å²) < 4.78 is 42.2. The molecule has 0 aromatic heterocycles. The average Bonchev–Trinajstić information content (AvgIpc) is 2.11. The Morgan fingerprint density at radius 3 is 2.50 bits per heavy atom. The Morgan fingerprint density at radius 2 is 2.00 bits per heavy atom. The summed E-state index contributed by atoms with van der Waals surface area (Å²) in [4.78, 5) is 0. The van der Waals surface area contributed by atoms with Crippen molar-refractivity contribution < 1.29 is 17.9 Å². The maximum absolute atomic E-state index is 12.4. The molecule has 1 aromatic carbocycles. The molecule has 6 heteroatoms. The van der Waals surface area contributed by atoms with Crippen molar-refractivity contribution in [2.45, 2.75) is 12.2 Å². The number of anilines is 1. The number of nitrogens with one attached hydrogen (secondary N) is 1. The molecule has 1 fully saturated rings. The maximum Gasteiger partial charge on any atom is 0.416 e. The molecule has 16 heavy (non-hydrogen) atoms. The second kappa shape index (κ2) is 4.14. The second-order valence-electron chi connectivity index (χ2n) is 3.57. The molecular weight excluding hydrogens is 243 g/mol. The van der Waals surface area contributed by atoms with Gasteiger partial charge in [-0.1, -0.05) is 11.6 Å². The van der Waals surface area contributed by atoms with Gasteiger partial charge in [0.1, 0.15) is 0 Å². The minimum Gasteiger partial charge on any atom is -0.377 e. The molecule has 0 atom stereocenters. The molecule has 0 spiro atoms. The Kier molecular flexibility index (Phi) is 2.99. The Morgan fingerprint density at radius 1 is 1.31 bits per heavy atom. The smallest absolute Gasteiger partial charge is 0.377 e. The molecule has 0 bridgehead atoms. The number of halogens is 4. The van der Waals surface area contributed by atoms with Gasteiger partial charge in [0.15, 0.2) is 0 Å². The Bertz CT molecular complexity index is 390. The zero-order valence-corrected chi connectivity index (χ0v) is 8.90. The fraction of sp³-hybridized carbons (Fsp3) is 0.400. The van der Waals surface area contributed by atoms with E-state index in [1.807, 2.05) is 0 Å². The lowest BCUT2D eigenvalue weighted by Crippen LogP contribution is -2.40. The Hall–Kier alpha value is -0.940. The molecule has 0 saturated carbocycles. The molecule has 1 N–H and O–H groups in total. The number of ether oxygens (including phenoxy) is 1. The molecule has 0 aliphatic carbocycles. The van der Waals surface area contributed by atoms with Crippen molar-refractivity contribution in [1.29, 1.82) is 0 Å². The van der Waals surface area contributed by atoms with E-state index in [9.17, 15) is 13.2 Å². The summed E-state index contributed by atoms with van der Waals surface area (Å²) in [5.74, 6) is 0. The van der Waals surface area contributed by atoms with Gasteiger partial charge in [0.25, 0.3) is 0 Å². The van der Waals surface area contributed by atoms with Gasteiger partial charge in [-0.05, 0) is 18.2 Å². The van der Waals surface area contributed by atoms with Crippen molar-refractivity contribution in [3.05, 3.63) is 28.8 Å². The molecule has 1 heterocycles. The summed E-state index contributed by atoms with van der Waals surface area (Å²) >= 11 is 5.80. The first-order valence-corrected chi connectivity index (χ1v) is 5.05. The third-order valence-electron chi connectivity index (χ3n) is 2.29. The number of hydrogen-bond donors (Lipinski definition) is 1. The van der Waals surface area contributed by atoms with E-state index in [-0.39, 0.29) is 11.1 Å². The molecule has 1 saturated heterocycles. The van der Waals surface area contributed by atoms with Crippen LogP contribution in [0.5, 0.6) is 0 Å². The standard InChI is InChI=1S/C10H9ClF3NO/c11-8-2-1-6(10(12,13)14)3-9(8)15-7-4-16-5-7/h1-3,7,15H,4-5H2. The highest BCUT2D eigenvalue weighted by Gasteiger charge is 2.31. The van der Waals surface area contributed by atoms with E-state index in [0.717, 1.165) is 12.1 Å². The molecule has 0 unspecified atom stereocenters. The first-order chi connectivity index (χ1) is 7.47. The van der Waals surface area contributed by atoms with Crippen LogP contribution in [0, 0.1) is 0 Å². The van der Waals surface area contributed by atoms with Gasteiger partial charge in [-0.25, -0.2) is 0 Å². The fourth-order valence-electron chi connectivity index (χ4n) is 1.35. The average molecular weight is 252 g/mol. The first kappa shape index (κ1) is 11.5. The normalized spacial score (nSPS) is 17.0. The molecule has 0 radical (unpaired) electrons. The minimum absolute atomic E-state index is 0.0426. The predicted molar refractivity (Wildman–Crippen MR) is 54.7 cm³/mol. The van der Waals surface area contributed by atoms with Crippen molar-refractivity contribution in [3.8, 4) is 0 Å². The van der Waals surface area contributed by atoms with Gasteiger partial charge < -0.3 is 10.1 Å². The largest absolute Gasteiger partial charge is 0.416 e. The van der Waals surface area contributed by atoms with Gasteiger partial charge in [-0.2, -0.15) is 13.2 Å². The highest BCUT2D eigenvalue weighted by Crippen LogP contribution is 2.34. The third-order valence-corrected chi connectivity index (χ3v) is 2.62. The Balaban J connectivity index is 2.21. The van der Waals surface area contributed by atoms with E-state index in [1.54, 1.807) is 0 Å². The van der Waals surface area contributed by atoms with Crippen LogP contribution < -0.4 is 5.32 Å². The zero-order chi connectivity index (χ0) is 11.8. The van der Waals surface area contributed by atoms with E-state index in [1.165, 1.54) is 6.07 Å². The lowest BCUT2D eigenvalue weighted by Gasteiger charge is -2.28. The summed E-state index contributed by atoms with van der Waals surface area (Å²) in [6.07, 6.45) is -4.35. The third kappa shape index (κ3) is 2.41.